The number of hydrogen-bond acceptors (Lipinski definition) is 4. The quantitative estimate of drug-likeness (QED) is 0.826. The van der Waals surface area contributed by atoms with E-state index >= 15 is 0 Å². The molecule has 2 N–H and O–H groups in total. The topological polar surface area (TPSA) is 78.9 Å². The Labute approximate surface area is 98.2 Å². The molecule has 2 aromatic heterocycles. The van der Waals surface area contributed by atoms with Crippen LogP contribution < -0.4 is 5.56 Å². The van der Waals surface area contributed by atoms with Crippen molar-refractivity contribution >= 4 is 0 Å². The summed E-state index contributed by atoms with van der Waals surface area (Å²) in [5, 5.41) is 9.60. The minimum atomic E-state index is -0.279. The third kappa shape index (κ3) is 2.50. The fourth-order valence-corrected chi connectivity index (χ4v) is 1.63. The fourth-order valence-electron chi connectivity index (χ4n) is 1.63. The van der Waals surface area contributed by atoms with E-state index < -0.39 is 0 Å². The van der Waals surface area contributed by atoms with Crippen LogP contribution in [0.5, 0.6) is 5.88 Å². The van der Waals surface area contributed by atoms with Gasteiger partial charge in [-0.3, -0.25) is 9.78 Å². The van der Waals surface area contributed by atoms with Crippen molar-refractivity contribution < 1.29 is 5.11 Å². The van der Waals surface area contributed by atoms with Gasteiger partial charge < -0.3 is 10.1 Å². The summed E-state index contributed by atoms with van der Waals surface area (Å²) in [5.74, 6) is 0.257. The second-order valence-corrected chi connectivity index (χ2v) is 3.71. The normalized spacial score (nSPS) is 10.4. The van der Waals surface area contributed by atoms with Crippen LogP contribution in [-0.4, -0.2) is 20.1 Å². The average molecular weight is 231 g/mol. The van der Waals surface area contributed by atoms with Crippen LogP contribution in [0.3, 0.4) is 0 Å². The smallest absolute Gasteiger partial charge is 0.257 e. The average Bonchev–Trinajstić information content (AvgIpc) is 2.30. The number of aromatic hydroxyl groups is 1. The van der Waals surface area contributed by atoms with Crippen molar-refractivity contribution in [1.82, 2.24) is 15.0 Å². The summed E-state index contributed by atoms with van der Waals surface area (Å²) in [7, 11) is 0. The zero-order valence-corrected chi connectivity index (χ0v) is 9.47. The van der Waals surface area contributed by atoms with E-state index in [0.29, 0.717) is 24.2 Å². The highest BCUT2D eigenvalue weighted by Crippen LogP contribution is 2.10. The molecule has 17 heavy (non-hydrogen) atoms. The lowest BCUT2D eigenvalue weighted by atomic mass is 10.2. The molecule has 0 atom stereocenters. The molecular weight excluding hydrogens is 218 g/mol. The highest BCUT2D eigenvalue weighted by molar-refractivity contribution is 5.24. The number of aromatic amines is 1. The molecule has 0 amide bonds. The van der Waals surface area contributed by atoms with Gasteiger partial charge in [0.1, 0.15) is 5.82 Å². The molecule has 2 aromatic rings. The van der Waals surface area contributed by atoms with Gasteiger partial charge in [-0.2, -0.15) is 4.98 Å². The number of hydrogen-bond donors (Lipinski definition) is 2. The molecule has 0 saturated carbocycles. The van der Waals surface area contributed by atoms with Crippen molar-refractivity contribution in [2.75, 3.05) is 0 Å². The molecule has 0 radical (unpaired) electrons. The van der Waals surface area contributed by atoms with Crippen molar-refractivity contribution in [3.8, 4) is 5.88 Å². The summed E-state index contributed by atoms with van der Waals surface area (Å²) in [6, 6.07) is 3.70. The van der Waals surface area contributed by atoms with Crippen LogP contribution in [0.4, 0.5) is 0 Å². The molecule has 0 aliphatic heterocycles. The maximum absolute atomic E-state index is 11.6. The molecule has 2 rings (SSSR count). The Morgan fingerprint density at radius 3 is 2.88 bits per heavy atom. The molecule has 0 bridgehead atoms. The highest BCUT2D eigenvalue weighted by atomic mass is 16.3. The van der Waals surface area contributed by atoms with Crippen LogP contribution >= 0.6 is 0 Å². The molecule has 5 nitrogen and oxygen atoms in total. The molecule has 0 aliphatic carbocycles. The van der Waals surface area contributed by atoms with Crippen LogP contribution in [-0.2, 0) is 12.8 Å². The summed E-state index contributed by atoms with van der Waals surface area (Å²) in [5.41, 5.74) is 0.970. The Morgan fingerprint density at radius 2 is 2.29 bits per heavy atom. The van der Waals surface area contributed by atoms with Gasteiger partial charge in [-0.1, -0.05) is 13.0 Å². The summed E-state index contributed by atoms with van der Waals surface area (Å²) in [6.07, 6.45) is 4.28. The maximum Gasteiger partial charge on any atom is 0.257 e. The number of nitrogens with one attached hydrogen (secondary N) is 1. The first kappa shape index (κ1) is 11.3. The van der Waals surface area contributed by atoms with Gasteiger partial charge in [0.2, 0.25) is 5.88 Å². The maximum atomic E-state index is 11.6. The lowest BCUT2D eigenvalue weighted by Crippen LogP contribution is -2.16. The zero-order chi connectivity index (χ0) is 12.3. The van der Waals surface area contributed by atoms with Crippen molar-refractivity contribution in [1.29, 1.82) is 0 Å². The molecule has 5 heteroatoms. The molecule has 0 aromatic carbocycles. The lowest BCUT2D eigenvalue weighted by molar-refractivity contribution is 0.440. The Morgan fingerprint density at radius 1 is 1.47 bits per heavy atom. The van der Waals surface area contributed by atoms with Crippen molar-refractivity contribution in [3.05, 3.63) is 51.8 Å². The molecule has 0 unspecified atom stereocenters. The van der Waals surface area contributed by atoms with Crippen LogP contribution in [0, 0.1) is 0 Å². The van der Waals surface area contributed by atoms with Gasteiger partial charge >= 0.3 is 0 Å². The van der Waals surface area contributed by atoms with Gasteiger partial charge in [0.15, 0.2) is 0 Å². The highest BCUT2D eigenvalue weighted by Gasteiger charge is 2.08. The number of rotatable bonds is 3. The summed E-state index contributed by atoms with van der Waals surface area (Å²) < 4.78 is 0. The Bertz CT molecular complexity index is 564. The first-order chi connectivity index (χ1) is 8.20. The van der Waals surface area contributed by atoms with Gasteiger partial charge in [0.25, 0.3) is 5.56 Å². The standard InChI is InChI=1S/C12H13N3O2/c1-2-9-11(16)14-10(15-12(9)17)6-8-4-3-5-13-7-8/h3-5,7H,2,6H2,1H3,(H2,14,15,16,17). The van der Waals surface area contributed by atoms with Gasteiger partial charge in [0.05, 0.1) is 5.56 Å². The van der Waals surface area contributed by atoms with Crippen molar-refractivity contribution in [2.24, 2.45) is 0 Å². The second-order valence-electron chi connectivity index (χ2n) is 3.71. The summed E-state index contributed by atoms with van der Waals surface area (Å²) in [4.78, 5) is 22.2. The number of nitrogens with zero attached hydrogens (tertiary/aromatic N) is 2. The molecule has 0 aliphatic rings. The van der Waals surface area contributed by atoms with Crippen LogP contribution in [0.25, 0.3) is 0 Å². The molecule has 0 fully saturated rings. The van der Waals surface area contributed by atoms with Crippen LogP contribution in [0.15, 0.2) is 29.3 Å². The molecule has 0 spiro atoms. The van der Waals surface area contributed by atoms with E-state index in [2.05, 4.69) is 15.0 Å². The predicted octanol–water partition coefficient (Wildman–Crippen LogP) is 1.02. The minimum absolute atomic E-state index is 0.185. The Kier molecular flexibility index (Phi) is 3.18. The largest absolute Gasteiger partial charge is 0.493 e. The SMILES string of the molecule is CCc1c(O)nc(Cc2cccnc2)[nH]c1=O. The van der Waals surface area contributed by atoms with Crippen LogP contribution in [0.1, 0.15) is 23.9 Å². The van der Waals surface area contributed by atoms with Crippen molar-refractivity contribution in [2.45, 2.75) is 19.8 Å². The Balaban J connectivity index is 2.32. The molecule has 88 valence electrons. The third-order valence-electron chi connectivity index (χ3n) is 2.49. The van der Waals surface area contributed by atoms with E-state index in [1.807, 2.05) is 12.1 Å². The fraction of sp³-hybridized carbons (Fsp3) is 0.250. The van der Waals surface area contributed by atoms with E-state index in [0.717, 1.165) is 5.56 Å². The first-order valence-electron chi connectivity index (χ1n) is 5.40. The minimum Gasteiger partial charge on any atom is -0.493 e. The van der Waals surface area contributed by atoms with Crippen molar-refractivity contribution in [3.63, 3.8) is 0 Å². The zero-order valence-electron chi connectivity index (χ0n) is 9.47. The van der Waals surface area contributed by atoms with E-state index in [-0.39, 0.29) is 11.4 Å². The van der Waals surface area contributed by atoms with E-state index in [4.69, 9.17) is 0 Å². The summed E-state index contributed by atoms with van der Waals surface area (Å²) in [6.45, 7) is 1.80. The third-order valence-corrected chi connectivity index (χ3v) is 2.49. The number of aromatic nitrogens is 3. The van der Waals surface area contributed by atoms with Crippen LogP contribution in [0.2, 0.25) is 0 Å². The van der Waals surface area contributed by atoms with Gasteiger partial charge in [-0.15, -0.1) is 0 Å². The molecular formula is C12H13N3O2. The Hall–Kier alpha value is -2.17. The van der Waals surface area contributed by atoms with E-state index in [1.165, 1.54) is 0 Å². The number of H-pyrrole nitrogens is 1. The van der Waals surface area contributed by atoms with E-state index in [1.54, 1.807) is 19.3 Å². The van der Waals surface area contributed by atoms with Gasteiger partial charge in [-0.05, 0) is 18.1 Å². The lowest BCUT2D eigenvalue weighted by Gasteiger charge is -2.04. The van der Waals surface area contributed by atoms with Gasteiger partial charge in [-0.25, -0.2) is 0 Å². The predicted molar refractivity (Wildman–Crippen MR) is 62.9 cm³/mol. The summed E-state index contributed by atoms with van der Waals surface area (Å²) >= 11 is 0. The number of pyridine rings is 1. The van der Waals surface area contributed by atoms with E-state index in [9.17, 15) is 9.90 Å². The molecule has 0 saturated heterocycles. The van der Waals surface area contributed by atoms with Gasteiger partial charge in [0, 0.05) is 18.8 Å². The molecule has 2 heterocycles. The first-order valence-corrected chi connectivity index (χ1v) is 5.40. The monoisotopic (exact) mass is 231 g/mol. The second kappa shape index (κ2) is 4.78.